The number of nitrogens with one attached hydrogen (secondary N) is 1. The van der Waals surface area contributed by atoms with Gasteiger partial charge in [-0.2, -0.15) is 0 Å². The van der Waals surface area contributed by atoms with Crippen LogP contribution in [0.5, 0.6) is 0 Å². The predicted octanol–water partition coefficient (Wildman–Crippen LogP) is 1.96. The van der Waals surface area contributed by atoms with Crippen molar-refractivity contribution < 1.29 is 9.72 Å². The lowest BCUT2D eigenvalue weighted by molar-refractivity contribution is -0.384. The van der Waals surface area contributed by atoms with E-state index in [2.05, 4.69) is 30.1 Å². The molecule has 1 N–H and O–H groups in total. The van der Waals surface area contributed by atoms with Crippen molar-refractivity contribution in [3.8, 4) is 0 Å². The second-order valence-electron chi connectivity index (χ2n) is 8.22. The zero-order chi connectivity index (χ0) is 22.8. The number of fused-ring (bicyclic) bond motifs is 3. The Bertz CT molecular complexity index is 1160. The van der Waals surface area contributed by atoms with Crippen LogP contribution in [0.3, 0.4) is 0 Å². The number of hydrogen-bond donors (Lipinski definition) is 1. The summed E-state index contributed by atoms with van der Waals surface area (Å²) in [5, 5.41) is 14.4. The number of nitrogens with zero attached hydrogens (tertiary/aromatic N) is 6. The molecule has 5 rings (SSSR count). The van der Waals surface area contributed by atoms with Gasteiger partial charge in [0, 0.05) is 68.8 Å². The third-order valence-corrected chi connectivity index (χ3v) is 6.33. The maximum absolute atomic E-state index is 13.4. The summed E-state index contributed by atoms with van der Waals surface area (Å²) in [6, 6.07) is 8.58. The number of carbonyl (C=O) groups is 1. The van der Waals surface area contributed by atoms with Gasteiger partial charge < -0.3 is 15.1 Å². The average molecular weight is 445 g/mol. The Morgan fingerprint density at radius 1 is 1.12 bits per heavy atom. The van der Waals surface area contributed by atoms with Crippen molar-refractivity contribution in [3.63, 3.8) is 0 Å². The van der Waals surface area contributed by atoms with Crippen LogP contribution in [0.1, 0.15) is 11.1 Å². The minimum Gasteiger partial charge on any atom is -0.364 e. The van der Waals surface area contributed by atoms with Crippen LogP contribution in [0.4, 0.5) is 17.2 Å². The molecule has 0 spiro atoms. The summed E-state index contributed by atoms with van der Waals surface area (Å²) < 4.78 is 0. The number of amides is 1. The highest BCUT2D eigenvalue weighted by molar-refractivity contribution is 5.82. The van der Waals surface area contributed by atoms with Gasteiger partial charge in [-0.1, -0.05) is 0 Å². The molecule has 10 nitrogen and oxygen atoms in total. The molecule has 2 aromatic heterocycles. The zero-order valence-electron chi connectivity index (χ0n) is 17.9. The third kappa shape index (κ3) is 4.19. The molecular formula is C23H23N7O3. The van der Waals surface area contributed by atoms with Gasteiger partial charge in [-0.25, -0.2) is 4.98 Å². The van der Waals surface area contributed by atoms with Gasteiger partial charge in [-0.3, -0.25) is 24.9 Å². The zero-order valence-corrected chi connectivity index (χ0v) is 17.9. The predicted molar refractivity (Wildman–Crippen MR) is 122 cm³/mol. The van der Waals surface area contributed by atoms with E-state index in [0.29, 0.717) is 26.1 Å². The molecule has 0 aliphatic carbocycles. The lowest BCUT2D eigenvalue weighted by Crippen LogP contribution is -2.61. The van der Waals surface area contributed by atoms with Crippen LogP contribution in [-0.4, -0.2) is 51.5 Å². The van der Waals surface area contributed by atoms with Crippen molar-refractivity contribution in [2.75, 3.05) is 29.4 Å². The number of nitro benzene ring substituents is 1. The topological polar surface area (TPSA) is 117 Å². The molecule has 1 aromatic carbocycles. The van der Waals surface area contributed by atoms with Gasteiger partial charge in [0.2, 0.25) is 5.91 Å². The molecule has 1 fully saturated rings. The molecule has 0 bridgehead atoms. The first-order valence-electron chi connectivity index (χ1n) is 10.8. The SMILES string of the molecule is O=C(NCc1ccncc1)[C@@H]1Cc2cc([N+](=O)[O-])ccc2N2CCN(c3cnccn3)C[C@H]12. The Kier molecular flexibility index (Phi) is 5.55. The van der Waals surface area contributed by atoms with Crippen LogP contribution in [0.25, 0.3) is 0 Å². The smallest absolute Gasteiger partial charge is 0.269 e. The molecule has 2 aliphatic rings. The summed E-state index contributed by atoms with van der Waals surface area (Å²) in [4.78, 5) is 41.3. The number of anilines is 2. The second-order valence-corrected chi connectivity index (χ2v) is 8.22. The highest BCUT2D eigenvalue weighted by Crippen LogP contribution is 2.38. The van der Waals surface area contributed by atoms with Crippen molar-refractivity contribution in [3.05, 3.63) is 82.6 Å². The van der Waals surface area contributed by atoms with Crippen LogP contribution in [0.2, 0.25) is 0 Å². The fourth-order valence-electron chi connectivity index (χ4n) is 4.71. The van der Waals surface area contributed by atoms with E-state index in [9.17, 15) is 14.9 Å². The van der Waals surface area contributed by atoms with Crippen molar-refractivity contribution in [2.24, 2.45) is 5.92 Å². The number of benzene rings is 1. The number of carbonyl (C=O) groups excluding carboxylic acids is 1. The van der Waals surface area contributed by atoms with Crippen molar-refractivity contribution in [1.29, 1.82) is 0 Å². The fraction of sp³-hybridized carbons (Fsp3) is 0.304. The van der Waals surface area contributed by atoms with Crippen LogP contribution in [0.15, 0.2) is 61.3 Å². The molecule has 168 valence electrons. The first kappa shape index (κ1) is 20.8. The molecule has 4 heterocycles. The Morgan fingerprint density at radius 2 is 1.97 bits per heavy atom. The van der Waals surface area contributed by atoms with Gasteiger partial charge in [0.25, 0.3) is 5.69 Å². The summed E-state index contributed by atoms with van der Waals surface area (Å²) in [5.41, 5.74) is 2.80. The molecule has 0 saturated carbocycles. The standard InChI is InChI=1S/C23H23N7O3/c31-23(27-13-16-3-5-24-6-4-16)19-12-17-11-18(30(32)33)1-2-20(17)29-10-9-28(15-21(19)29)22-14-25-7-8-26-22/h1-8,11,14,19,21H,9-10,12-13,15H2,(H,27,31)/t19-,21-/m1/s1. The van der Waals surface area contributed by atoms with Crippen LogP contribution < -0.4 is 15.1 Å². The van der Waals surface area contributed by atoms with E-state index >= 15 is 0 Å². The van der Waals surface area contributed by atoms with Crippen LogP contribution >= 0.6 is 0 Å². The lowest BCUT2D eigenvalue weighted by Gasteiger charge is -2.49. The molecule has 0 radical (unpaired) electrons. The van der Waals surface area contributed by atoms with Crippen molar-refractivity contribution in [2.45, 2.75) is 19.0 Å². The minimum absolute atomic E-state index is 0.0429. The molecule has 2 aliphatic heterocycles. The van der Waals surface area contributed by atoms with Gasteiger partial charge in [-0.15, -0.1) is 0 Å². The number of rotatable bonds is 5. The van der Waals surface area contributed by atoms with E-state index in [1.165, 1.54) is 6.07 Å². The quantitative estimate of drug-likeness (QED) is 0.468. The maximum Gasteiger partial charge on any atom is 0.269 e. The Morgan fingerprint density at radius 3 is 2.73 bits per heavy atom. The Hall–Kier alpha value is -4.08. The summed E-state index contributed by atoms with van der Waals surface area (Å²) in [7, 11) is 0. The monoisotopic (exact) mass is 445 g/mol. The highest BCUT2D eigenvalue weighted by atomic mass is 16.6. The number of nitro groups is 1. The van der Waals surface area contributed by atoms with E-state index in [-0.39, 0.29) is 23.6 Å². The average Bonchev–Trinajstić information content (AvgIpc) is 2.87. The van der Waals surface area contributed by atoms with Gasteiger partial charge in [0.1, 0.15) is 5.82 Å². The van der Waals surface area contributed by atoms with Gasteiger partial charge in [0.15, 0.2) is 0 Å². The first-order chi connectivity index (χ1) is 16.1. The van der Waals surface area contributed by atoms with Crippen LogP contribution in [0, 0.1) is 16.0 Å². The number of piperazine rings is 1. The Balaban J connectivity index is 1.43. The summed E-state index contributed by atoms with van der Waals surface area (Å²) in [5.74, 6) is 0.350. The van der Waals surface area contributed by atoms with E-state index in [1.54, 1.807) is 37.1 Å². The van der Waals surface area contributed by atoms with E-state index in [4.69, 9.17) is 0 Å². The van der Waals surface area contributed by atoms with E-state index < -0.39 is 4.92 Å². The van der Waals surface area contributed by atoms with Crippen molar-refractivity contribution in [1.82, 2.24) is 20.3 Å². The van der Waals surface area contributed by atoms with Crippen LogP contribution in [-0.2, 0) is 17.8 Å². The number of hydrogen-bond acceptors (Lipinski definition) is 8. The maximum atomic E-state index is 13.4. The molecule has 0 unspecified atom stereocenters. The van der Waals surface area contributed by atoms with Crippen molar-refractivity contribution >= 4 is 23.1 Å². The molecule has 1 amide bonds. The highest BCUT2D eigenvalue weighted by Gasteiger charge is 2.42. The molecule has 3 aromatic rings. The fourth-order valence-corrected chi connectivity index (χ4v) is 4.71. The minimum atomic E-state index is -0.392. The van der Waals surface area contributed by atoms with Gasteiger partial charge >= 0.3 is 0 Å². The molecule has 33 heavy (non-hydrogen) atoms. The summed E-state index contributed by atoms with van der Waals surface area (Å²) >= 11 is 0. The molecule has 1 saturated heterocycles. The van der Waals surface area contributed by atoms with Gasteiger partial charge in [-0.05, 0) is 35.7 Å². The first-order valence-corrected chi connectivity index (χ1v) is 10.8. The lowest BCUT2D eigenvalue weighted by atomic mass is 9.83. The van der Waals surface area contributed by atoms with E-state index in [0.717, 1.165) is 29.2 Å². The largest absolute Gasteiger partial charge is 0.364 e. The molecule has 2 atom stereocenters. The molecular weight excluding hydrogens is 422 g/mol. The number of pyridine rings is 1. The second kappa shape index (κ2) is 8.81. The summed E-state index contributed by atoms with van der Waals surface area (Å²) in [6.45, 7) is 2.42. The Labute approximate surface area is 190 Å². The normalized spacial score (nSPS) is 19.4. The number of aromatic nitrogens is 3. The third-order valence-electron chi connectivity index (χ3n) is 6.33. The number of non-ortho nitro benzene ring substituents is 1. The summed E-state index contributed by atoms with van der Waals surface area (Å²) in [6.07, 6.45) is 8.86. The van der Waals surface area contributed by atoms with E-state index in [1.807, 2.05) is 18.2 Å². The van der Waals surface area contributed by atoms with Gasteiger partial charge in [0.05, 0.1) is 23.1 Å². The molecule has 10 heteroatoms.